The molecule has 0 aromatic heterocycles. The fourth-order valence-corrected chi connectivity index (χ4v) is 4.48. The Bertz CT molecular complexity index is 254. The number of halogens is 2. The molecular weight excluding hydrogens is 267 g/mol. The Balaban J connectivity index is 2.98. The third kappa shape index (κ3) is 3.33. The van der Waals surface area contributed by atoms with Crippen LogP contribution in [-0.4, -0.2) is 30.5 Å². The molecular formula is C14H28Cl2N2. The summed E-state index contributed by atoms with van der Waals surface area (Å²) < 4.78 is 0. The van der Waals surface area contributed by atoms with Gasteiger partial charge in [0.2, 0.25) is 0 Å². The molecule has 0 bridgehead atoms. The van der Waals surface area contributed by atoms with Gasteiger partial charge in [-0.15, -0.1) is 23.2 Å². The molecule has 3 unspecified atom stereocenters. The molecule has 0 saturated heterocycles. The second-order valence-electron chi connectivity index (χ2n) is 5.79. The van der Waals surface area contributed by atoms with E-state index >= 15 is 0 Å². The Hall–Kier alpha value is 0.500. The van der Waals surface area contributed by atoms with Crippen LogP contribution in [0.4, 0.5) is 0 Å². The smallest absolute Gasteiger partial charge is 0.112 e. The molecule has 0 radical (unpaired) electrons. The molecule has 3 atom stereocenters. The van der Waals surface area contributed by atoms with Gasteiger partial charge in [0.25, 0.3) is 0 Å². The SMILES string of the molecule is CCCC1(CCC)CC(NC)C(Cl)C(Cl)(NC)C1. The molecule has 1 fully saturated rings. The van der Waals surface area contributed by atoms with E-state index in [4.69, 9.17) is 23.2 Å². The third-order valence-electron chi connectivity index (χ3n) is 4.42. The summed E-state index contributed by atoms with van der Waals surface area (Å²) in [5, 5.41) is 6.54. The predicted octanol–water partition coefficient (Wildman–Crippen LogP) is 3.72. The molecule has 1 aliphatic rings. The van der Waals surface area contributed by atoms with Gasteiger partial charge in [0.15, 0.2) is 0 Å². The highest BCUT2D eigenvalue weighted by molar-refractivity contribution is 6.32. The molecule has 0 aromatic carbocycles. The van der Waals surface area contributed by atoms with E-state index in [2.05, 4.69) is 24.5 Å². The van der Waals surface area contributed by atoms with Crippen molar-refractivity contribution in [3.05, 3.63) is 0 Å². The molecule has 1 saturated carbocycles. The Morgan fingerprint density at radius 1 is 1.17 bits per heavy atom. The minimum absolute atomic E-state index is 0.0731. The van der Waals surface area contributed by atoms with E-state index in [1.54, 1.807) is 0 Å². The number of alkyl halides is 2. The second kappa shape index (κ2) is 6.78. The zero-order valence-electron chi connectivity index (χ0n) is 12.2. The first kappa shape index (κ1) is 16.6. The van der Waals surface area contributed by atoms with Crippen molar-refractivity contribution in [1.29, 1.82) is 0 Å². The highest BCUT2D eigenvalue weighted by Gasteiger charge is 2.51. The van der Waals surface area contributed by atoms with Gasteiger partial charge >= 0.3 is 0 Å². The average molecular weight is 295 g/mol. The summed E-state index contributed by atoms with van der Waals surface area (Å²) in [7, 11) is 3.91. The summed E-state index contributed by atoms with van der Waals surface area (Å²) in [5.41, 5.74) is 0.327. The first-order chi connectivity index (χ1) is 8.47. The Labute approximate surface area is 122 Å². The van der Waals surface area contributed by atoms with Crippen LogP contribution in [0.25, 0.3) is 0 Å². The average Bonchev–Trinajstić information content (AvgIpc) is 2.34. The summed E-state index contributed by atoms with van der Waals surface area (Å²) in [4.78, 5) is -0.488. The van der Waals surface area contributed by atoms with Crippen LogP contribution in [0.3, 0.4) is 0 Å². The molecule has 2 nitrogen and oxygen atoms in total. The summed E-state index contributed by atoms with van der Waals surface area (Å²) in [5.74, 6) is 0. The quantitative estimate of drug-likeness (QED) is 0.576. The van der Waals surface area contributed by atoms with Crippen molar-refractivity contribution in [3.63, 3.8) is 0 Å². The molecule has 0 aliphatic heterocycles. The first-order valence-electron chi connectivity index (χ1n) is 7.16. The predicted molar refractivity (Wildman–Crippen MR) is 81.6 cm³/mol. The van der Waals surface area contributed by atoms with E-state index in [1.807, 2.05) is 14.1 Å². The molecule has 108 valence electrons. The molecule has 0 heterocycles. The van der Waals surface area contributed by atoms with Crippen molar-refractivity contribution < 1.29 is 0 Å². The van der Waals surface area contributed by atoms with Crippen molar-refractivity contribution in [3.8, 4) is 0 Å². The fraction of sp³-hybridized carbons (Fsp3) is 1.00. The van der Waals surface area contributed by atoms with Crippen molar-refractivity contribution in [2.24, 2.45) is 5.41 Å². The summed E-state index contributed by atoms with van der Waals surface area (Å²) in [6.45, 7) is 4.52. The van der Waals surface area contributed by atoms with Crippen LogP contribution in [0.2, 0.25) is 0 Å². The molecule has 0 amide bonds. The van der Waals surface area contributed by atoms with Crippen molar-refractivity contribution >= 4 is 23.2 Å². The Morgan fingerprint density at radius 3 is 2.11 bits per heavy atom. The van der Waals surface area contributed by atoms with Gasteiger partial charge in [-0.2, -0.15) is 0 Å². The second-order valence-corrected chi connectivity index (χ2v) is 6.93. The first-order valence-corrected chi connectivity index (χ1v) is 7.97. The van der Waals surface area contributed by atoms with Crippen molar-refractivity contribution in [1.82, 2.24) is 10.6 Å². The molecule has 18 heavy (non-hydrogen) atoms. The Kier molecular flexibility index (Phi) is 6.24. The Morgan fingerprint density at radius 2 is 1.72 bits per heavy atom. The molecule has 1 aliphatic carbocycles. The molecule has 4 heteroatoms. The summed E-state index contributed by atoms with van der Waals surface area (Å²) >= 11 is 13.3. The number of rotatable bonds is 6. The van der Waals surface area contributed by atoms with Gasteiger partial charge in [-0.3, -0.25) is 0 Å². The fourth-order valence-electron chi connectivity index (χ4n) is 3.65. The van der Waals surface area contributed by atoms with Crippen LogP contribution in [0.1, 0.15) is 52.4 Å². The van der Waals surface area contributed by atoms with Crippen LogP contribution in [0.5, 0.6) is 0 Å². The lowest BCUT2D eigenvalue weighted by Crippen LogP contribution is -2.61. The molecule has 1 rings (SSSR count). The minimum Gasteiger partial charge on any atom is -0.315 e. The van der Waals surface area contributed by atoms with E-state index in [9.17, 15) is 0 Å². The maximum atomic E-state index is 6.76. The van der Waals surface area contributed by atoms with E-state index in [1.165, 1.54) is 25.7 Å². The highest BCUT2D eigenvalue weighted by Crippen LogP contribution is 2.50. The lowest BCUT2D eigenvalue weighted by atomic mass is 9.65. The molecule has 0 aromatic rings. The standard InChI is InChI=1S/C14H28Cl2N2/c1-5-7-13(8-6-2)9-11(17-3)12(15)14(16,10-13)18-4/h11-12,17-18H,5-10H2,1-4H3. The number of nitrogens with one attached hydrogen (secondary N) is 2. The van der Waals surface area contributed by atoms with Gasteiger partial charge in [-0.25, -0.2) is 0 Å². The summed E-state index contributed by atoms with van der Waals surface area (Å²) in [6.07, 6.45) is 6.99. The minimum atomic E-state index is -0.488. The third-order valence-corrected chi connectivity index (χ3v) is 5.77. The van der Waals surface area contributed by atoms with Gasteiger partial charge in [0, 0.05) is 6.04 Å². The maximum absolute atomic E-state index is 6.76. The van der Waals surface area contributed by atoms with Crippen molar-refractivity contribution in [2.75, 3.05) is 14.1 Å². The van der Waals surface area contributed by atoms with E-state index in [0.29, 0.717) is 5.41 Å². The van der Waals surface area contributed by atoms with Gasteiger partial charge < -0.3 is 10.6 Å². The monoisotopic (exact) mass is 294 g/mol. The van der Waals surface area contributed by atoms with Crippen LogP contribution in [0.15, 0.2) is 0 Å². The normalized spacial score (nSPS) is 35.7. The van der Waals surface area contributed by atoms with Crippen molar-refractivity contribution in [2.45, 2.75) is 68.8 Å². The topological polar surface area (TPSA) is 24.1 Å². The van der Waals surface area contributed by atoms with Crippen LogP contribution in [0, 0.1) is 5.41 Å². The van der Waals surface area contributed by atoms with Gasteiger partial charge in [-0.1, -0.05) is 26.7 Å². The maximum Gasteiger partial charge on any atom is 0.112 e. The van der Waals surface area contributed by atoms with E-state index < -0.39 is 5.00 Å². The van der Waals surface area contributed by atoms with E-state index in [-0.39, 0.29) is 11.4 Å². The summed E-state index contributed by atoms with van der Waals surface area (Å²) in [6, 6.07) is 0.281. The molecule has 2 N–H and O–H groups in total. The van der Waals surface area contributed by atoms with Crippen LogP contribution < -0.4 is 10.6 Å². The van der Waals surface area contributed by atoms with Crippen LogP contribution in [-0.2, 0) is 0 Å². The number of hydrogen-bond donors (Lipinski definition) is 2. The van der Waals surface area contributed by atoms with E-state index in [0.717, 1.165) is 12.8 Å². The van der Waals surface area contributed by atoms with Gasteiger partial charge in [0.1, 0.15) is 5.00 Å². The highest BCUT2D eigenvalue weighted by atomic mass is 35.5. The van der Waals surface area contributed by atoms with Crippen LogP contribution >= 0.6 is 23.2 Å². The lowest BCUT2D eigenvalue weighted by molar-refractivity contribution is 0.0926. The number of hydrogen-bond acceptors (Lipinski definition) is 2. The largest absolute Gasteiger partial charge is 0.315 e. The van der Waals surface area contributed by atoms with Gasteiger partial charge in [-0.05, 0) is 45.2 Å². The molecule has 0 spiro atoms. The zero-order valence-corrected chi connectivity index (χ0v) is 13.7. The lowest BCUT2D eigenvalue weighted by Gasteiger charge is -2.51. The zero-order chi connectivity index (χ0) is 13.8. The van der Waals surface area contributed by atoms with Gasteiger partial charge in [0.05, 0.1) is 5.38 Å².